The van der Waals surface area contributed by atoms with Gasteiger partial charge in [-0.25, -0.2) is 9.97 Å². The van der Waals surface area contributed by atoms with Crippen LogP contribution in [0.1, 0.15) is 24.3 Å². The molecule has 1 aliphatic rings. The van der Waals surface area contributed by atoms with Crippen LogP contribution in [-0.4, -0.2) is 30.0 Å². The topological polar surface area (TPSA) is 60.7 Å². The van der Waals surface area contributed by atoms with E-state index < -0.39 is 10.8 Å². The van der Waals surface area contributed by atoms with E-state index in [-0.39, 0.29) is 0 Å². The zero-order valence-electron chi connectivity index (χ0n) is 14.9. The molecule has 1 fully saturated rings. The fourth-order valence-electron chi connectivity index (χ4n) is 3.40. The third kappa shape index (κ3) is 2.96. The number of aromatic nitrogens is 4. The molecule has 5 rings (SSSR count). The molecule has 3 aromatic heterocycles. The van der Waals surface area contributed by atoms with Gasteiger partial charge >= 0.3 is 0 Å². The predicted molar refractivity (Wildman–Crippen MR) is 106 cm³/mol. The van der Waals surface area contributed by atoms with E-state index in [1.807, 2.05) is 41.2 Å². The van der Waals surface area contributed by atoms with Gasteiger partial charge in [0.15, 0.2) is 0 Å². The fraction of sp³-hybridized carbons (Fsp3) is 0.190. The maximum Gasteiger partial charge on any atom is 0.234 e. The predicted octanol–water partition coefficient (Wildman–Crippen LogP) is 4.10. The Hall–Kier alpha value is -2.86. The van der Waals surface area contributed by atoms with Gasteiger partial charge in [-0.15, -0.1) is 0 Å². The van der Waals surface area contributed by atoms with Gasteiger partial charge in [0.1, 0.15) is 0 Å². The molecule has 1 saturated carbocycles. The van der Waals surface area contributed by atoms with E-state index in [2.05, 4.69) is 27.1 Å². The summed E-state index contributed by atoms with van der Waals surface area (Å²) in [7, 11) is -1.08. The lowest BCUT2D eigenvalue weighted by Gasteiger charge is -2.06. The molecule has 0 aliphatic heterocycles. The van der Waals surface area contributed by atoms with Crippen LogP contribution in [-0.2, 0) is 10.8 Å². The normalized spacial score (nSPS) is 15.1. The minimum absolute atomic E-state index is 0.560. The number of hydrogen-bond acceptors (Lipinski definition) is 4. The first-order valence-electron chi connectivity index (χ1n) is 8.93. The molecular formula is C21H18N4OS. The number of hydrogen-bond donors (Lipinski definition) is 0. The Labute approximate surface area is 159 Å². The van der Waals surface area contributed by atoms with Crippen molar-refractivity contribution in [3.8, 4) is 17.2 Å². The SMILES string of the molecule is CS(=O)c1cn(-c2ncc(-c3cc(C4CC4)ccn3)cn2)c2ccccc12. The standard InChI is InChI=1S/C21H18N4OS/c1-27(26)20-13-25(19-5-3-2-4-17(19)20)21-23-11-16(12-24-21)18-10-15(8-9-22-18)14-6-7-14/h2-5,8-14H,6-7H2,1H3. The van der Waals surface area contributed by atoms with Crippen LogP contribution in [0.15, 0.2) is 66.1 Å². The van der Waals surface area contributed by atoms with Crippen LogP contribution in [0, 0.1) is 0 Å². The van der Waals surface area contributed by atoms with Crippen LogP contribution in [0.4, 0.5) is 0 Å². The van der Waals surface area contributed by atoms with Crippen molar-refractivity contribution in [2.45, 2.75) is 23.7 Å². The van der Waals surface area contributed by atoms with E-state index in [0.29, 0.717) is 11.9 Å². The lowest BCUT2D eigenvalue weighted by molar-refractivity contribution is 0.687. The summed E-state index contributed by atoms with van der Waals surface area (Å²) in [4.78, 5) is 14.4. The Bertz CT molecular complexity index is 1160. The molecule has 0 amide bonds. The summed E-state index contributed by atoms with van der Waals surface area (Å²) in [5.74, 6) is 1.25. The largest absolute Gasteiger partial charge is 0.284 e. The minimum Gasteiger partial charge on any atom is -0.284 e. The van der Waals surface area contributed by atoms with Crippen molar-refractivity contribution >= 4 is 21.7 Å². The molecule has 1 atom stereocenters. The average molecular weight is 374 g/mol. The van der Waals surface area contributed by atoms with Gasteiger partial charge in [0.05, 0.1) is 26.9 Å². The Kier molecular flexibility index (Phi) is 3.86. The molecule has 0 N–H and O–H groups in total. The Morgan fingerprint density at radius 2 is 1.85 bits per heavy atom. The molecule has 1 aliphatic carbocycles. The first-order chi connectivity index (χ1) is 13.2. The number of para-hydroxylation sites is 1. The van der Waals surface area contributed by atoms with Crippen LogP contribution in [0.5, 0.6) is 0 Å². The van der Waals surface area contributed by atoms with Gasteiger partial charge in [0, 0.05) is 42.0 Å². The number of benzene rings is 1. The van der Waals surface area contributed by atoms with Crippen molar-refractivity contribution in [2.24, 2.45) is 0 Å². The van der Waals surface area contributed by atoms with Crippen LogP contribution in [0.3, 0.4) is 0 Å². The second-order valence-electron chi connectivity index (χ2n) is 6.86. The number of nitrogens with zero attached hydrogens (tertiary/aromatic N) is 4. The first-order valence-corrected chi connectivity index (χ1v) is 10.5. The quantitative estimate of drug-likeness (QED) is 0.540. The maximum absolute atomic E-state index is 12.1. The highest BCUT2D eigenvalue weighted by Crippen LogP contribution is 2.40. The molecule has 5 nitrogen and oxygen atoms in total. The Morgan fingerprint density at radius 1 is 1.07 bits per heavy atom. The van der Waals surface area contributed by atoms with Crippen molar-refractivity contribution in [3.05, 3.63) is 66.7 Å². The first kappa shape index (κ1) is 16.3. The van der Waals surface area contributed by atoms with Crippen LogP contribution < -0.4 is 0 Å². The molecule has 0 radical (unpaired) electrons. The summed E-state index contributed by atoms with van der Waals surface area (Å²) in [5, 5.41) is 0.963. The highest BCUT2D eigenvalue weighted by Gasteiger charge is 2.23. The second-order valence-corrected chi connectivity index (χ2v) is 8.20. The van der Waals surface area contributed by atoms with Crippen LogP contribution in [0.2, 0.25) is 0 Å². The van der Waals surface area contributed by atoms with E-state index in [9.17, 15) is 4.21 Å². The van der Waals surface area contributed by atoms with Gasteiger partial charge < -0.3 is 0 Å². The fourth-order valence-corrected chi connectivity index (χ4v) is 4.13. The van der Waals surface area contributed by atoms with Crippen molar-refractivity contribution in [1.82, 2.24) is 19.5 Å². The molecular weight excluding hydrogens is 356 g/mol. The van der Waals surface area contributed by atoms with Gasteiger partial charge in [-0.05, 0) is 42.5 Å². The van der Waals surface area contributed by atoms with E-state index in [0.717, 1.165) is 27.1 Å². The van der Waals surface area contributed by atoms with E-state index in [4.69, 9.17) is 0 Å². The van der Waals surface area contributed by atoms with Gasteiger partial charge in [0.2, 0.25) is 5.95 Å². The van der Waals surface area contributed by atoms with Gasteiger partial charge in [-0.3, -0.25) is 13.8 Å². The molecule has 4 aromatic rings. The van der Waals surface area contributed by atoms with Crippen molar-refractivity contribution in [2.75, 3.05) is 6.26 Å². The maximum atomic E-state index is 12.1. The van der Waals surface area contributed by atoms with E-state index in [1.54, 1.807) is 18.6 Å². The summed E-state index contributed by atoms with van der Waals surface area (Å²) in [6.07, 6.45) is 11.5. The highest BCUT2D eigenvalue weighted by molar-refractivity contribution is 7.84. The third-order valence-corrected chi connectivity index (χ3v) is 5.91. The molecule has 3 heterocycles. The van der Waals surface area contributed by atoms with Gasteiger partial charge in [-0.2, -0.15) is 0 Å². The molecule has 1 unspecified atom stereocenters. The van der Waals surface area contributed by atoms with Crippen molar-refractivity contribution in [3.63, 3.8) is 0 Å². The summed E-state index contributed by atoms with van der Waals surface area (Å²) in [6.45, 7) is 0. The van der Waals surface area contributed by atoms with Crippen molar-refractivity contribution in [1.29, 1.82) is 0 Å². The number of pyridine rings is 1. The molecule has 6 heteroatoms. The van der Waals surface area contributed by atoms with E-state index >= 15 is 0 Å². The Balaban J connectivity index is 1.55. The molecule has 1 aromatic carbocycles. The highest BCUT2D eigenvalue weighted by atomic mass is 32.2. The smallest absolute Gasteiger partial charge is 0.234 e. The molecule has 0 spiro atoms. The number of rotatable bonds is 4. The zero-order valence-corrected chi connectivity index (χ0v) is 15.7. The lowest BCUT2D eigenvalue weighted by atomic mass is 10.1. The summed E-state index contributed by atoms with van der Waals surface area (Å²) >= 11 is 0. The van der Waals surface area contributed by atoms with E-state index in [1.165, 1.54) is 18.4 Å². The summed E-state index contributed by atoms with van der Waals surface area (Å²) in [6, 6.07) is 12.1. The molecule has 134 valence electrons. The number of fused-ring (bicyclic) bond motifs is 1. The molecule has 0 saturated heterocycles. The second kappa shape index (κ2) is 6.39. The minimum atomic E-state index is -1.08. The summed E-state index contributed by atoms with van der Waals surface area (Å²) in [5.41, 5.74) is 4.09. The Morgan fingerprint density at radius 3 is 2.59 bits per heavy atom. The molecule has 0 bridgehead atoms. The van der Waals surface area contributed by atoms with Gasteiger partial charge in [0.25, 0.3) is 0 Å². The average Bonchev–Trinajstić information content (AvgIpc) is 3.48. The molecule has 27 heavy (non-hydrogen) atoms. The van der Waals surface area contributed by atoms with Crippen LogP contribution in [0.25, 0.3) is 28.1 Å². The lowest BCUT2D eigenvalue weighted by Crippen LogP contribution is -2.00. The summed E-state index contributed by atoms with van der Waals surface area (Å²) < 4.78 is 14.0. The van der Waals surface area contributed by atoms with Crippen molar-refractivity contribution < 1.29 is 4.21 Å². The van der Waals surface area contributed by atoms with Crippen LogP contribution >= 0.6 is 0 Å². The van der Waals surface area contributed by atoms with Gasteiger partial charge in [-0.1, -0.05) is 18.2 Å². The monoisotopic (exact) mass is 374 g/mol. The third-order valence-electron chi connectivity index (χ3n) is 4.97. The zero-order chi connectivity index (χ0) is 18.4.